The normalized spacial score (nSPS) is 14.8. The van der Waals surface area contributed by atoms with Crippen LogP contribution in [0, 0.1) is 0 Å². The van der Waals surface area contributed by atoms with E-state index >= 15 is 0 Å². The number of rotatable bonds is 2. The summed E-state index contributed by atoms with van der Waals surface area (Å²) in [6, 6.07) is 8.39. The molecule has 1 aromatic rings. The van der Waals surface area contributed by atoms with E-state index in [0.717, 1.165) is 11.0 Å². The molecule has 3 heteroatoms. The molecule has 15 heavy (non-hydrogen) atoms. The second-order valence-electron chi connectivity index (χ2n) is 3.56. The Labute approximate surface area is 98.6 Å². The SMILES string of the molecule is CN1C=CN(Cc2ccc(Br)cc2)C=C1. The van der Waals surface area contributed by atoms with E-state index in [1.807, 2.05) is 24.3 Å². The lowest BCUT2D eigenvalue weighted by molar-refractivity contribution is 0.449. The van der Waals surface area contributed by atoms with Crippen molar-refractivity contribution in [3.05, 3.63) is 59.1 Å². The van der Waals surface area contributed by atoms with Gasteiger partial charge in [0.2, 0.25) is 0 Å². The van der Waals surface area contributed by atoms with Crippen LogP contribution in [0.25, 0.3) is 0 Å². The largest absolute Gasteiger partial charge is 0.354 e. The van der Waals surface area contributed by atoms with Gasteiger partial charge in [-0.15, -0.1) is 0 Å². The van der Waals surface area contributed by atoms with Crippen LogP contribution in [0.1, 0.15) is 5.56 Å². The third-order valence-electron chi connectivity index (χ3n) is 2.26. The average Bonchev–Trinajstić information content (AvgIpc) is 2.25. The molecule has 0 atom stereocenters. The van der Waals surface area contributed by atoms with Crippen molar-refractivity contribution in [3.8, 4) is 0 Å². The summed E-state index contributed by atoms with van der Waals surface area (Å²) in [6.07, 6.45) is 8.22. The van der Waals surface area contributed by atoms with Crippen molar-refractivity contribution in [3.63, 3.8) is 0 Å². The Morgan fingerprint density at radius 1 is 1.00 bits per heavy atom. The Balaban J connectivity index is 2.01. The summed E-state index contributed by atoms with van der Waals surface area (Å²) in [4.78, 5) is 4.18. The molecule has 0 saturated carbocycles. The Hall–Kier alpha value is -1.22. The molecule has 78 valence electrons. The second-order valence-corrected chi connectivity index (χ2v) is 4.48. The van der Waals surface area contributed by atoms with Gasteiger partial charge in [-0.1, -0.05) is 28.1 Å². The molecular weight excluding hydrogens is 252 g/mol. The lowest BCUT2D eigenvalue weighted by atomic mass is 10.2. The number of nitrogens with zero attached hydrogens (tertiary/aromatic N) is 2. The highest BCUT2D eigenvalue weighted by Gasteiger charge is 2.01. The van der Waals surface area contributed by atoms with E-state index in [2.05, 4.69) is 57.5 Å². The fraction of sp³-hybridized carbons (Fsp3) is 0.167. The molecule has 0 N–H and O–H groups in total. The summed E-state index contributed by atoms with van der Waals surface area (Å²) in [5.74, 6) is 0. The molecule has 1 heterocycles. The van der Waals surface area contributed by atoms with Gasteiger partial charge < -0.3 is 9.80 Å². The number of hydrogen-bond acceptors (Lipinski definition) is 2. The van der Waals surface area contributed by atoms with E-state index in [1.165, 1.54) is 5.56 Å². The molecule has 0 fully saturated rings. The fourth-order valence-corrected chi connectivity index (χ4v) is 1.65. The van der Waals surface area contributed by atoms with Crippen LogP contribution in [0.15, 0.2) is 53.5 Å². The zero-order valence-corrected chi connectivity index (χ0v) is 10.2. The summed E-state index contributed by atoms with van der Waals surface area (Å²) in [6.45, 7) is 0.911. The molecule has 0 amide bonds. The standard InChI is InChI=1S/C12H13BrN2/c1-14-6-8-15(9-7-14)10-11-2-4-12(13)5-3-11/h2-9H,10H2,1H3. The van der Waals surface area contributed by atoms with Crippen LogP contribution >= 0.6 is 15.9 Å². The van der Waals surface area contributed by atoms with Gasteiger partial charge in [0.1, 0.15) is 0 Å². The molecule has 0 radical (unpaired) electrons. The van der Waals surface area contributed by atoms with Crippen molar-refractivity contribution < 1.29 is 0 Å². The summed E-state index contributed by atoms with van der Waals surface area (Å²) < 4.78 is 1.12. The van der Waals surface area contributed by atoms with Gasteiger partial charge in [0.25, 0.3) is 0 Å². The quantitative estimate of drug-likeness (QED) is 0.810. The van der Waals surface area contributed by atoms with Crippen molar-refractivity contribution in [2.75, 3.05) is 7.05 Å². The highest BCUT2D eigenvalue weighted by Crippen LogP contribution is 2.13. The molecule has 0 bridgehead atoms. The first-order valence-corrected chi connectivity index (χ1v) is 5.62. The monoisotopic (exact) mass is 264 g/mol. The molecule has 0 spiro atoms. The maximum atomic E-state index is 3.43. The maximum absolute atomic E-state index is 3.43. The van der Waals surface area contributed by atoms with E-state index in [4.69, 9.17) is 0 Å². The number of benzene rings is 1. The van der Waals surface area contributed by atoms with Gasteiger partial charge in [-0.3, -0.25) is 0 Å². The van der Waals surface area contributed by atoms with E-state index in [9.17, 15) is 0 Å². The van der Waals surface area contributed by atoms with Crippen molar-refractivity contribution in [2.24, 2.45) is 0 Å². The Bertz CT molecular complexity index is 367. The summed E-state index contributed by atoms with van der Waals surface area (Å²) >= 11 is 3.43. The average molecular weight is 265 g/mol. The molecule has 2 nitrogen and oxygen atoms in total. The Kier molecular flexibility index (Phi) is 3.11. The van der Waals surface area contributed by atoms with Gasteiger partial charge in [-0.25, -0.2) is 0 Å². The zero-order valence-electron chi connectivity index (χ0n) is 8.60. The van der Waals surface area contributed by atoms with E-state index in [-0.39, 0.29) is 0 Å². The van der Waals surface area contributed by atoms with Crippen molar-refractivity contribution in [1.29, 1.82) is 0 Å². The number of halogens is 1. The molecule has 2 rings (SSSR count). The van der Waals surface area contributed by atoms with Crippen LogP contribution in [0.3, 0.4) is 0 Å². The van der Waals surface area contributed by atoms with Crippen LogP contribution in [-0.4, -0.2) is 16.8 Å². The van der Waals surface area contributed by atoms with Crippen molar-refractivity contribution in [2.45, 2.75) is 6.54 Å². The van der Waals surface area contributed by atoms with Crippen LogP contribution in [0.5, 0.6) is 0 Å². The lowest BCUT2D eigenvalue weighted by Gasteiger charge is -2.22. The minimum Gasteiger partial charge on any atom is -0.354 e. The van der Waals surface area contributed by atoms with Crippen molar-refractivity contribution in [1.82, 2.24) is 9.80 Å². The molecule has 0 aromatic heterocycles. The number of hydrogen-bond donors (Lipinski definition) is 0. The topological polar surface area (TPSA) is 6.48 Å². The lowest BCUT2D eigenvalue weighted by Crippen LogP contribution is -2.16. The van der Waals surface area contributed by atoms with E-state index in [1.54, 1.807) is 0 Å². The molecular formula is C12H13BrN2. The summed E-state index contributed by atoms with van der Waals surface area (Å²) in [5, 5.41) is 0. The van der Waals surface area contributed by atoms with Gasteiger partial charge in [0, 0.05) is 42.9 Å². The van der Waals surface area contributed by atoms with Gasteiger partial charge in [-0.05, 0) is 17.7 Å². The minimum atomic E-state index is 0.911. The zero-order chi connectivity index (χ0) is 10.7. The maximum Gasteiger partial charge on any atom is 0.0471 e. The van der Waals surface area contributed by atoms with E-state index < -0.39 is 0 Å². The molecule has 0 unspecified atom stereocenters. The Morgan fingerprint density at radius 3 is 2.20 bits per heavy atom. The highest BCUT2D eigenvalue weighted by molar-refractivity contribution is 9.10. The summed E-state index contributed by atoms with van der Waals surface area (Å²) in [5.41, 5.74) is 1.30. The predicted octanol–water partition coefficient (Wildman–Crippen LogP) is 3.14. The van der Waals surface area contributed by atoms with Crippen LogP contribution in [-0.2, 0) is 6.54 Å². The summed E-state index contributed by atoms with van der Waals surface area (Å²) in [7, 11) is 2.02. The molecule has 0 saturated heterocycles. The minimum absolute atomic E-state index is 0.911. The van der Waals surface area contributed by atoms with Gasteiger partial charge in [-0.2, -0.15) is 0 Å². The smallest absolute Gasteiger partial charge is 0.0471 e. The van der Waals surface area contributed by atoms with Gasteiger partial charge in [0.05, 0.1) is 0 Å². The Morgan fingerprint density at radius 2 is 1.60 bits per heavy atom. The molecule has 1 aliphatic heterocycles. The first-order chi connectivity index (χ1) is 7.24. The van der Waals surface area contributed by atoms with Crippen LogP contribution < -0.4 is 0 Å². The van der Waals surface area contributed by atoms with Gasteiger partial charge in [0.15, 0.2) is 0 Å². The molecule has 1 aromatic carbocycles. The van der Waals surface area contributed by atoms with Crippen LogP contribution in [0.4, 0.5) is 0 Å². The van der Waals surface area contributed by atoms with Gasteiger partial charge >= 0.3 is 0 Å². The molecule has 0 aliphatic carbocycles. The third-order valence-corrected chi connectivity index (χ3v) is 2.79. The highest BCUT2D eigenvalue weighted by atomic mass is 79.9. The van der Waals surface area contributed by atoms with Crippen molar-refractivity contribution >= 4 is 15.9 Å². The first-order valence-electron chi connectivity index (χ1n) is 4.83. The third kappa shape index (κ3) is 2.86. The second kappa shape index (κ2) is 4.53. The molecule has 1 aliphatic rings. The van der Waals surface area contributed by atoms with Crippen LogP contribution in [0.2, 0.25) is 0 Å². The first kappa shape index (κ1) is 10.3. The van der Waals surface area contributed by atoms with E-state index in [0.29, 0.717) is 0 Å². The fourth-order valence-electron chi connectivity index (χ4n) is 1.39. The predicted molar refractivity (Wildman–Crippen MR) is 65.7 cm³/mol.